The van der Waals surface area contributed by atoms with Crippen molar-refractivity contribution in [2.24, 2.45) is 0 Å². The zero-order chi connectivity index (χ0) is 17.7. The molecule has 5 rings (SSSR count). The van der Waals surface area contributed by atoms with E-state index in [-0.39, 0.29) is 10.8 Å². The highest BCUT2D eigenvalue weighted by molar-refractivity contribution is 9.10. The van der Waals surface area contributed by atoms with Crippen LogP contribution in [0.15, 0.2) is 40.9 Å². The van der Waals surface area contributed by atoms with Crippen LogP contribution in [0.25, 0.3) is 20.9 Å². The van der Waals surface area contributed by atoms with Crippen molar-refractivity contribution in [1.29, 1.82) is 0 Å². The number of rotatable bonds is 0. The van der Waals surface area contributed by atoms with E-state index >= 15 is 0 Å². The summed E-state index contributed by atoms with van der Waals surface area (Å²) in [6, 6.07) is 13.1. The number of benzene rings is 2. The van der Waals surface area contributed by atoms with Gasteiger partial charge in [0.05, 0.1) is 0 Å². The second kappa shape index (κ2) is 4.79. The molecule has 0 fully saturated rings. The van der Waals surface area contributed by atoms with E-state index in [2.05, 4.69) is 74.0 Å². The second-order valence-corrected chi connectivity index (χ2v) is 10.5. The molecule has 0 nitrogen and oxygen atoms in total. The summed E-state index contributed by atoms with van der Waals surface area (Å²) in [5.74, 6) is 0. The van der Waals surface area contributed by atoms with Gasteiger partial charge in [-0.15, -0.1) is 11.3 Å². The lowest BCUT2D eigenvalue weighted by atomic mass is 9.74. The first-order chi connectivity index (χ1) is 11.7. The predicted octanol–water partition coefficient (Wildman–Crippen LogP) is 7.78. The Kier molecular flexibility index (Phi) is 3.09. The third kappa shape index (κ3) is 1.88. The smallest absolute Gasteiger partial charge is 0.0409 e. The quantitative estimate of drug-likeness (QED) is 0.342. The van der Waals surface area contributed by atoms with Crippen LogP contribution in [-0.4, -0.2) is 0 Å². The van der Waals surface area contributed by atoms with Crippen LogP contribution in [0.3, 0.4) is 0 Å². The molecule has 3 aromatic rings. The number of hydrogen-bond acceptors (Lipinski definition) is 1. The van der Waals surface area contributed by atoms with Gasteiger partial charge in [0.15, 0.2) is 0 Å². The molecule has 0 saturated carbocycles. The van der Waals surface area contributed by atoms with Gasteiger partial charge in [-0.3, -0.25) is 0 Å². The van der Waals surface area contributed by atoms with Crippen LogP contribution >= 0.6 is 38.9 Å². The van der Waals surface area contributed by atoms with Gasteiger partial charge in [0.1, 0.15) is 0 Å². The first-order valence-corrected chi connectivity index (χ1v) is 10.5. The Hall–Kier alpha value is -1.09. The lowest BCUT2D eigenvalue weighted by molar-refractivity contribution is 0.603. The standard InChI is InChI=1S/C22H18BrClS/c1-21(2)15-9-11(23)5-7-13(15)19-17(21)18-20(25-19)14-8-6-12(24)10-16(14)22(18,3)4/h5-10H,1-4H3. The summed E-state index contributed by atoms with van der Waals surface area (Å²) >= 11 is 11.9. The Morgan fingerprint density at radius 1 is 0.800 bits per heavy atom. The predicted molar refractivity (Wildman–Crippen MR) is 112 cm³/mol. The van der Waals surface area contributed by atoms with Crippen molar-refractivity contribution in [3.63, 3.8) is 0 Å². The summed E-state index contributed by atoms with van der Waals surface area (Å²) in [4.78, 5) is 2.88. The second-order valence-electron chi connectivity index (χ2n) is 8.14. The van der Waals surface area contributed by atoms with Crippen LogP contribution in [0.1, 0.15) is 49.9 Å². The molecule has 126 valence electrons. The zero-order valence-electron chi connectivity index (χ0n) is 14.6. The number of fused-ring (bicyclic) bond motifs is 7. The minimum absolute atomic E-state index is 0.0155. The van der Waals surface area contributed by atoms with Crippen LogP contribution < -0.4 is 0 Å². The van der Waals surface area contributed by atoms with E-state index in [4.69, 9.17) is 11.6 Å². The SMILES string of the molecule is CC1(C)c2cc(Cl)ccc2-c2sc3c(c21)C(C)(C)c1cc(Br)ccc1-3. The molecule has 0 saturated heterocycles. The molecule has 3 heteroatoms. The Balaban J connectivity index is 1.87. The molecule has 2 aromatic carbocycles. The van der Waals surface area contributed by atoms with E-state index in [0.29, 0.717) is 0 Å². The molecule has 0 radical (unpaired) electrons. The molecule has 0 N–H and O–H groups in total. The normalized spacial score (nSPS) is 17.8. The van der Waals surface area contributed by atoms with Gasteiger partial charge in [-0.1, -0.05) is 67.4 Å². The van der Waals surface area contributed by atoms with Crippen molar-refractivity contribution < 1.29 is 0 Å². The average molecular weight is 430 g/mol. The number of halogens is 2. The molecule has 2 aliphatic carbocycles. The van der Waals surface area contributed by atoms with Crippen molar-refractivity contribution in [2.75, 3.05) is 0 Å². The van der Waals surface area contributed by atoms with E-state index in [1.807, 2.05) is 17.4 Å². The summed E-state index contributed by atoms with van der Waals surface area (Å²) < 4.78 is 1.15. The lowest BCUT2D eigenvalue weighted by Crippen LogP contribution is -2.23. The third-order valence-electron chi connectivity index (χ3n) is 5.96. The highest BCUT2D eigenvalue weighted by Crippen LogP contribution is 2.63. The molecule has 0 spiro atoms. The van der Waals surface area contributed by atoms with Gasteiger partial charge in [0.2, 0.25) is 0 Å². The molecule has 0 aliphatic heterocycles. The van der Waals surface area contributed by atoms with Crippen LogP contribution in [0, 0.1) is 0 Å². The molecule has 25 heavy (non-hydrogen) atoms. The van der Waals surface area contributed by atoms with Crippen LogP contribution in [0.4, 0.5) is 0 Å². The number of thiophene rings is 1. The van der Waals surface area contributed by atoms with Crippen molar-refractivity contribution in [1.82, 2.24) is 0 Å². The maximum Gasteiger partial charge on any atom is 0.0409 e. The van der Waals surface area contributed by atoms with Crippen LogP contribution in [-0.2, 0) is 10.8 Å². The highest BCUT2D eigenvalue weighted by atomic mass is 79.9. The minimum Gasteiger partial charge on any atom is -0.135 e. The first kappa shape index (κ1) is 16.1. The van der Waals surface area contributed by atoms with Gasteiger partial charge in [0.25, 0.3) is 0 Å². The van der Waals surface area contributed by atoms with E-state index in [9.17, 15) is 0 Å². The van der Waals surface area contributed by atoms with Crippen molar-refractivity contribution in [3.8, 4) is 20.9 Å². The third-order valence-corrected chi connectivity index (χ3v) is 7.94. The summed E-state index contributed by atoms with van der Waals surface area (Å²) in [6.07, 6.45) is 0. The average Bonchev–Trinajstić information content (AvgIpc) is 3.10. The molecule has 2 aliphatic rings. The summed E-state index contributed by atoms with van der Waals surface area (Å²) in [7, 11) is 0. The highest BCUT2D eigenvalue weighted by Gasteiger charge is 2.48. The summed E-state index contributed by atoms with van der Waals surface area (Å²) in [5, 5.41) is 0.824. The monoisotopic (exact) mass is 428 g/mol. The van der Waals surface area contributed by atoms with Gasteiger partial charge in [-0.25, -0.2) is 0 Å². The lowest BCUT2D eigenvalue weighted by Gasteiger charge is -2.28. The topological polar surface area (TPSA) is 0 Å². The molecule has 0 atom stereocenters. The van der Waals surface area contributed by atoms with Crippen LogP contribution in [0.5, 0.6) is 0 Å². The first-order valence-electron chi connectivity index (χ1n) is 8.51. The van der Waals surface area contributed by atoms with Gasteiger partial charge >= 0.3 is 0 Å². The van der Waals surface area contributed by atoms with E-state index < -0.39 is 0 Å². The van der Waals surface area contributed by atoms with Gasteiger partial charge < -0.3 is 0 Å². The Bertz CT molecular complexity index is 988. The summed E-state index contributed by atoms with van der Waals surface area (Å²) in [5.41, 5.74) is 8.55. The van der Waals surface area contributed by atoms with Gasteiger partial charge in [-0.05, 0) is 57.6 Å². The fourth-order valence-electron chi connectivity index (χ4n) is 4.74. The molecule has 0 bridgehead atoms. The Morgan fingerprint density at radius 3 is 1.92 bits per heavy atom. The molecular formula is C22H18BrClS. The molecule has 0 unspecified atom stereocenters. The van der Waals surface area contributed by atoms with Crippen molar-refractivity contribution in [3.05, 3.63) is 68.1 Å². The maximum atomic E-state index is 6.32. The molecule has 1 heterocycles. The van der Waals surface area contributed by atoms with Crippen molar-refractivity contribution in [2.45, 2.75) is 38.5 Å². The van der Waals surface area contributed by atoms with Crippen molar-refractivity contribution >= 4 is 38.9 Å². The summed E-state index contributed by atoms with van der Waals surface area (Å²) in [6.45, 7) is 9.41. The fourth-order valence-corrected chi connectivity index (χ4v) is 6.97. The zero-order valence-corrected chi connectivity index (χ0v) is 17.8. The number of hydrogen-bond donors (Lipinski definition) is 0. The van der Waals surface area contributed by atoms with E-state index in [1.165, 1.54) is 43.1 Å². The molecule has 0 amide bonds. The van der Waals surface area contributed by atoms with E-state index in [0.717, 1.165) is 9.50 Å². The largest absolute Gasteiger partial charge is 0.135 e. The Labute approximate surface area is 166 Å². The Morgan fingerprint density at radius 2 is 1.32 bits per heavy atom. The van der Waals surface area contributed by atoms with E-state index in [1.54, 1.807) is 0 Å². The molecular weight excluding hydrogens is 412 g/mol. The molecule has 1 aromatic heterocycles. The minimum atomic E-state index is -0.0177. The van der Waals surface area contributed by atoms with Crippen LogP contribution in [0.2, 0.25) is 5.02 Å². The van der Waals surface area contributed by atoms with Gasteiger partial charge in [0, 0.05) is 30.1 Å². The maximum absolute atomic E-state index is 6.32. The fraction of sp³-hybridized carbons (Fsp3) is 0.273. The van der Waals surface area contributed by atoms with Gasteiger partial charge in [-0.2, -0.15) is 0 Å².